The first-order valence-corrected chi connectivity index (χ1v) is 8.61. The Labute approximate surface area is 149 Å². The summed E-state index contributed by atoms with van der Waals surface area (Å²) in [5.74, 6) is 0.379. The van der Waals surface area contributed by atoms with Gasteiger partial charge in [-0.2, -0.15) is 18.4 Å². The van der Waals surface area contributed by atoms with Gasteiger partial charge in [-0.3, -0.25) is 4.79 Å². The van der Waals surface area contributed by atoms with Crippen LogP contribution in [-0.4, -0.2) is 43.6 Å². The molecule has 8 heteroatoms. The van der Waals surface area contributed by atoms with Crippen LogP contribution in [0.2, 0.25) is 0 Å². The number of nitrogens with one attached hydrogen (secondary N) is 1. The molecule has 2 fully saturated rings. The molecule has 0 aliphatic carbocycles. The largest absolute Gasteiger partial charge is 0.483 e. The van der Waals surface area contributed by atoms with E-state index in [2.05, 4.69) is 5.32 Å². The second kappa shape index (κ2) is 7.54. The highest BCUT2D eigenvalue weighted by atomic mass is 19.4. The van der Waals surface area contributed by atoms with Crippen LogP contribution in [0.3, 0.4) is 0 Å². The molecule has 0 unspecified atom stereocenters. The van der Waals surface area contributed by atoms with Crippen molar-refractivity contribution < 1.29 is 22.7 Å². The molecule has 26 heavy (non-hydrogen) atoms. The summed E-state index contributed by atoms with van der Waals surface area (Å²) in [6.07, 6.45) is -2.86. The Kier molecular flexibility index (Phi) is 5.37. The maximum absolute atomic E-state index is 13.1. The molecule has 0 radical (unpaired) electrons. The molecule has 1 aromatic rings. The molecule has 5 nitrogen and oxygen atoms in total. The third kappa shape index (κ3) is 4.10. The molecule has 1 aromatic carbocycles. The third-order valence-electron chi connectivity index (χ3n) is 5.14. The minimum absolute atomic E-state index is 0.108. The van der Waals surface area contributed by atoms with E-state index in [9.17, 15) is 18.0 Å². The molecule has 2 atom stereocenters. The van der Waals surface area contributed by atoms with E-state index < -0.39 is 24.1 Å². The fourth-order valence-electron chi connectivity index (χ4n) is 3.65. The SMILES string of the molecule is N#Cc1ccc(OCC(=O)N2CC[C@@H]3CNC[C@@H]3CC2)c(C(F)(F)F)c1. The number of rotatable bonds is 3. The number of halogens is 3. The van der Waals surface area contributed by atoms with Gasteiger partial charge < -0.3 is 15.0 Å². The van der Waals surface area contributed by atoms with Gasteiger partial charge in [-0.15, -0.1) is 0 Å². The van der Waals surface area contributed by atoms with Crippen molar-refractivity contribution in [2.75, 3.05) is 32.8 Å². The van der Waals surface area contributed by atoms with Crippen molar-refractivity contribution in [3.05, 3.63) is 29.3 Å². The number of nitrogens with zero attached hydrogens (tertiary/aromatic N) is 2. The predicted octanol–water partition coefficient (Wildman–Crippen LogP) is 2.41. The predicted molar refractivity (Wildman–Crippen MR) is 87.3 cm³/mol. The van der Waals surface area contributed by atoms with Crippen LogP contribution in [-0.2, 0) is 11.0 Å². The highest BCUT2D eigenvalue weighted by molar-refractivity contribution is 5.77. The molecular weight excluding hydrogens is 347 g/mol. The zero-order valence-electron chi connectivity index (χ0n) is 14.2. The van der Waals surface area contributed by atoms with E-state index in [1.807, 2.05) is 0 Å². The Morgan fingerprint density at radius 3 is 2.50 bits per heavy atom. The number of likely N-dealkylation sites (tertiary alicyclic amines) is 1. The lowest BCUT2D eigenvalue weighted by molar-refractivity contribution is -0.141. The maximum Gasteiger partial charge on any atom is 0.420 e. The van der Waals surface area contributed by atoms with Crippen molar-refractivity contribution in [3.63, 3.8) is 0 Å². The molecule has 2 heterocycles. The first kappa shape index (κ1) is 18.5. The zero-order chi connectivity index (χ0) is 18.7. The van der Waals surface area contributed by atoms with Crippen LogP contribution >= 0.6 is 0 Å². The van der Waals surface area contributed by atoms with E-state index in [4.69, 9.17) is 10.00 Å². The van der Waals surface area contributed by atoms with Crippen LogP contribution in [0, 0.1) is 23.2 Å². The van der Waals surface area contributed by atoms with Gasteiger partial charge in [0.1, 0.15) is 5.75 Å². The van der Waals surface area contributed by atoms with Gasteiger partial charge in [0, 0.05) is 13.1 Å². The van der Waals surface area contributed by atoms with Gasteiger partial charge in [-0.25, -0.2) is 0 Å². The van der Waals surface area contributed by atoms with Crippen molar-refractivity contribution >= 4 is 5.91 Å². The minimum atomic E-state index is -4.65. The topological polar surface area (TPSA) is 65.4 Å². The van der Waals surface area contributed by atoms with Gasteiger partial charge in [0.05, 0.1) is 17.2 Å². The summed E-state index contributed by atoms with van der Waals surface area (Å²) in [5.41, 5.74) is -1.15. The number of carbonyl (C=O) groups is 1. The normalized spacial score (nSPS) is 23.1. The molecule has 140 valence electrons. The summed E-state index contributed by atoms with van der Waals surface area (Å²) in [7, 11) is 0. The van der Waals surface area contributed by atoms with Gasteiger partial charge >= 0.3 is 6.18 Å². The quantitative estimate of drug-likeness (QED) is 0.891. The van der Waals surface area contributed by atoms with Gasteiger partial charge in [-0.05, 0) is 56.0 Å². The van der Waals surface area contributed by atoms with Crippen molar-refractivity contribution in [3.8, 4) is 11.8 Å². The number of amides is 1. The zero-order valence-corrected chi connectivity index (χ0v) is 14.2. The number of hydrogen-bond donors (Lipinski definition) is 1. The summed E-state index contributed by atoms with van der Waals surface area (Å²) in [4.78, 5) is 14.1. The van der Waals surface area contributed by atoms with Gasteiger partial charge in [0.15, 0.2) is 6.61 Å². The summed E-state index contributed by atoms with van der Waals surface area (Å²) in [5, 5.41) is 12.1. The number of ether oxygens (including phenoxy) is 1. The fraction of sp³-hybridized carbons (Fsp3) is 0.556. The van der Waals surface area contributed by atoms with Crippen LogP contribution in [0.5, 0.6) is 5.75 Å². The molecule has 0 spiro atoms. The molecule has 1 amide bonds. The molecule has 0 bridgehead atoms. The van der Waals surface area contributed by atoms with Crippen LogP contribution < -0.4 is 10.1 Å². The highest BCUT2D eigenvalue weighted by Crippen LogP contribution is 2.37. The van der Waals surface area contributed by atoms with E-state index in [1.54, 1.807) is 11.0 Å². The number of alkyl halides is 3. The van der Waals surface area contributed by atoms with E-state index >= 15 is 0 Å². The van der Waals surface area contributed by atoms with Crippen molar-refractivity contribution in [2.24, 2.45) is 11.8 Å². The second-order valence-corrected chi connectivity index (χ2v) is 6.75. The number of hydrogen-bond acceptors (Lipinski definition) is 4. The Morgan fingerprint density at radius 1 is 1.27 bits per heavy atom. The number of nitriles is 1. The lowest BCUT2D eigenvalue weighted by atomic mass is 9.92. The number of benzene rings is 1. The summed E-state index contributed by atoms with van der Waals surface area (Å²) >= 11 is 0. The van der Waals surface area contributed by atoms with E-state index in [0.717, 1.165) is 38.1 Å². The summed E-state index contributed by atoms with van der Waals surface area (Å²) < 4.78 is 44.6. The van der Waals surface area contributed by atoms with Crippen LogP contribution in [0.25, 0.3) is 0 Å². The monoisotopic (exact) mass is 367 g/mol. The summed E-state index contributed by atoms with van der Waals surface area (Å²) in [6, 6.07) is 4.75. The van der Waals surface area contributed by atoms with Crippen LogP contribution in [0.1, 0.15) is 24.0 Å². The second-order valence-electron chi connectivity index (χ2n) is 6.75. The molecule has 0 saturated carbocycles. The maximum atomic E-state index is 13.1. The molecular formula is C18H20F3N3O2. The van der Waals surface area contributed by atoms with Crippen molar-refractivity contribution in [2.45, 2.75) is 19.0 Å². The third-order valence-corrected chi connectivity index (χ3v) is 5.14. The van der Waals surface area contributed by atoms with Crippen molar-refractivity contribution in [1.82, 2.24) is 10.2 Å². The number of carbonyl (C=O) groups excluding carboxylic acids is 1. The van der Waals surface area contributed by atoms with Gasteiger partial charge in [-0.1, -0.05) is 0 Å². The molecule has 2 saturated heterocycles. The first-order chi connectivity index (χ1) is 12.4. The first-order valence-electron chi connectivity index (χ1n) is 8.61. The Hall–Kier alpha value is -2.27. The van der Waals surface area contributed by atoms with E-state index in [0.29, 0.717) is 24.9 Å². The molecule has 1 N–H and O–H groups in total. The smallest absolute Gasteiger partial charge is 0.420 e. The highest BCUT2D eigenvalue weighted by Gasteiger charge is 2.35. The molecule has 2 aliphatic rings. The standard InChI is InChI=1S/C18H20F3N3O2/c19-18(20,21)15-7-12(8-22)1-2-16(15)26-11-17(25)24-5-3-13-9-23-10-14(13)4-6-24/h1-2,7,13-14,23H,3-6,9-11H2/t13-,14+. The Morgan fingerprint density at radius 2 is 1.92 bits per heavy atom. The average Bonchev–Trinajstić information content (AvgIpc) is 2.97. The molecule has 2 aliphatic heterocycles. The van der Waals surface area contributed by atoms with E-state index in [-0.39, 0.29) is 11.5 Å². The fourth-order valence-corrected chi connectivity index (χ4v) is 3.65. The summed E-state index contributed by atoms with van der Waals surface area (Å²) in [6.45, 7) is 2.68. The Bertz CT molecular complexity index is 701. The lowest BCUT2D eigenvalue weighted by Gasteiger charge is -2.21. The molecule has 0 aromatic heterocycles. The lowest BCUT2D eigenvalue weighted by Crippen LogP contribution is -2.36. The average molecular weight is 367 g/mol. The molecule has 3 rings (SSSR count). The van der Waals surface area contributed by atoms with Gasteiger partial charge in [0.25, 0.3) is 5.91 Å². The van der Waals surface area contributed by atoms with Crippen molar-refractivity contribution in [1.29, 1.82) is 5.26 Å². The van der Waals surface area contributed by atoms with Crippen LogP contribution in [0.4, 0.5) is 13.2 Å². The number of fused-ring (bicyclic) bond motifs is 1. The van der Waals surface area contributed by atoms with Crippen LogP contribution in [0.15, 0.2) is 18.2 Å². The van der Waals surface area contributed by atoms with Gasteiger partial charge in [0.2, 0.25) is 0 Å². The Balaban J connectivity index is 1.63. The minimum Gasteiger partial charge on any atom is -0.483 e. The van der Waals surface area contributed by atoms with E-state index in [1.165, 1.54) is 6.07 Å².